The summed E-state index contributed by atoms with van der Waals surface area (Å²) in [6, 6.07) is 8.71. The molecule has 1 aliphatic heterocycles. The van der Waals surface area contributed by atoms with Gasteiger partial charge in [0.15, 0.2) is 0 Å². The van der Waals surface area contributed by atoms with Gasteiger partial charge in [-0.3, -0.25) is 4.79 Å². The van der Waals surface area contributed by atoms with Gasteiger partial charge in [0.1, 0.15) is 0 Å². The first-order chi connectivity index (χ1) is 11.5. The average Bonchev–Trinajstić information content (AvgIpc) is 2.54. The Hall–Kier alpha value is -1.02. The largest absolute Gasteiger partial charge is 0.330 e. The lowest BCUT2D eigenvalue weighted by Crippen LogP contribution is -2.69. The minimum Gasteiger partial charge on any atom is -0.330 e. The van der Waals surface area contributed by atoms with Crippen molar-refractivity contribution < 1.29 is 4.79 Å². The average molecular weight is 344 g/mol. The van der Waals surface area contributed by atoms with Gasteiger partial charge in [0.05, 0.1) is 11.5 Å². The number of halogens is 1. The third-order valence-electron chi connectivity index (χ3n) is 7.45. The summed E-state index contributed by atoms with van der Waals surface area (Å²) in [6.07, 6.45) is 6.83. The van der Waals surface area contributed by atoms with E-state index in [9.17, 15) is 4.79 Å². The number of carbonyl (C=O) groups is 1. The fourth-order valence-electron chi connectivity index (χ4n) is 6.74. The van der Waals surface area contributed by atoms with Crippen LogP contribution in [0.4, 0.5) is 0 Å². The number of β-lactam (4-membered cyclic amide) rings is 1. The van der Waals surface area contributed by atoms with E-state index in [1.165, 1.54) is 32.1 Å². The van der Waals surface area contributed by atoms with Crippen LogP contribution in [0.5, 0.6) is 0 Å². The molecule has 0 radical (unpaired) electrons. The number of amides is 1. The molecule has 0 spiro atoms. The van der Waals surface area contributed by atoms with Crippen molar-refractivity contribution in [2.45, 2.75) is 58.0 Å². The summed E-state index contributed by atoms with van der Waals surface area (Å²) in [5.74, 6) is 3.67. The molecule has 2 nitrogen and oxygen atoms in total. The topological polar surface area (TPSA) is 20.3 Å². The van der Waals surface area contributed by atoms with E-state index in [0.29, 0.717) is 11.9 Å². The van der Waals surface area contributed by atoms with E-state index < -0.39 is 0 Å². The molecule has 5 aliphatic rings. The van der Waals surface area contributed by atoms with Crippen LogP contribution in [0.3, 0.4) is 0 Å². The summed E-state index contributed by atoms with van der Waals surface area (Å²) < 4.78 is 0. The molecule has 3 heteroatoms. The van der Waals surface area contributed by atoms with E-state index >= 15 is 0 Å². The molecule has 1 atom stereocenters. The van der Waals surface area contributed by atoms with E-state index in [1.807, 2.05) is 12.1 Å². The lowest BCUT2D eigenvalue weighted by Gasteiger charge is -2.64. The fraction of sp³-hybridized carbons (Fsp3) is 0.667. The van der Waals surface area contributed by atoms with E-state index in [-0.39, 0.29) is 11.5 Å². The standard InChI is InChI=1S/C21H26ClNO/c1-21(2)19(16-5-3-4-6-17(16)22)23(20(21)24)18-14-8-12-7-13(10-14)11-15(18)9-12/h3-6,12-15,18-19H,7-11H2,1-2H3. The zero-order valence-electron chi connectivity index (χ0n) is 14.5. The normalized spacial score (nSPS) is 42.3. The van der Waals surface area contributed by atoms with Gasteiger partial charge in [0.25, 0.3) is 0 Å². The Morgan fingerprint density at radius 2 is 1.58 bits per heavy atom. The van der Waals surface area contributed by atoms with E-state index in [4.69, 9.17) is 11.6 Å². The number of hydrogen-bond acceptors (Lipinski definition) is 1. The molecule has 5 fully saturated rings. The van der Waals surface area contributed by atoms with E-state index in [2.05, 4.69) is 30.9 Å². The molecule has 0 N–H and O–H groups in total. The molecule has 1 unspecified atom stereocenters. The molecule has 4 aliphatic carbocycles. The quantitative estimate of drug-likeness (QED) is 0.686. The lowest BCUT2D eigenvalue weighted by atomic mass is 9.52. The summed E-state index contributed by atoms with van der Waals surface area (Å²) >= 11 is 6.52. The Morgan fingerprint density at radius 1 is 1.00 bits per heavy atom. The van der Waals surface area contributed by atoms with Crippen molar-refractivity contribution in [3.63, 3.8) is 0 Å². The van der Waals surface area contributed by atoms with Gasteiger partial charge in [-0.2, -0.15) is 0 Å². The van der Waals surface area contributed by atoms with Gasteiger partial charge < -0.3 is 4.90 Å². The number of nitrogens with zero attached hydrogens (tertiary/aromatic N) is 1. The number of hydrogen-bond donors (Lipinski definition) is 0. The highest BCUT2D eigenvalue weighted by Gasteiger charge is 2.62. The van der Waals surface area contributed by atoms with Crippen LogP contribution in [0, 0.1) is 29.1 Å². The first-order valence-electron chi connectivity index (χ1n) is 9.54. The molecule has 1 aromatic rings. The Labute approximate surface area is 149 Å². The Kier molecular flexibility index (Phi) is 3.18. The zero-order valence-corrected chi connectivity index (χ0v) is 15.3. The molecule has 1 aromatic carbocycles. The van der Waals surface area contributed by atoms with Gasteiger partial charge in [0, 0.05) is 11.1 Å². The first-order valence-corrected chi connectivity index (χ1v) is 9.91. The molecule has 4 bridgehead atoms. The van der Waals surface area contributed by atoms with Crippen LogP contribution in [-0.2, 0) is 4.79 Å². The minimum absolute atomic E-state index is 0.140. The SMILES string of the molecule is CC1(C)C(=O)N(C2C3CC4CC(C3)CC2C4)C1c1ccccc1Cl. The highest BCUT2D eigenvalue weighted by molar-refractivity contribution is 6.31. The van der Waals surface area contributed by atoms with Crippen molar-refractivity contribution in [2.75, 3.05) is 0 Å². The smallest absolute Gasteiger partial charge is 0.231 e. The number of likely N-dealkylation sites (tertiary alicyclic amines) is 1. The zero-order chi connectivity index (χ0) is 16.6. The minimum atomic E-state index is -0.334. The van der Waals surface area contributed by atoms with Crippen molar-refractivity contribution in [3.05, 3.63) is 34.9 Å². The molecule has 1 heterocycles. The number of carbonyl (C=O) groups excluding carboxylic acids is 1. The second-order valence-corrected chi connectivity index (χ2v) is 9.69. The van der Waals surface area contributed by atoms with Crippen molar-refractivity contribution in [1.29, 1.82) is 0 Å². The van der Waals surface area contributed by atoms with Crippen LogP contribution in [0.2, 0.25) is 5.02 Å². The summed E-state index contributed by atoms with van der Waals surface area (Å²) in [6.45, 7) is 4.19. The molecule has 128 valence electrons. The maximum atomic E-state index is 13.1. The second kappa shape index (κ2) is 5.00. The molecule has 0 aromatic heterocycles. The van der Waals surface area contributed by atoms with Crippen LogP contribution in [0.1, 0.15) is 57.6 Å². The maximum Gasteiger partial charge on any atom is 0.231 e. The predicted molar refractivity (Wildman–Crippen MR) is 95.7 cm³/mol. The molecule has 6 rings (SSSR count). The molecular formula is C21H26ClNO. The van der Waals surface area contributed by atoms with Crippen molar-refractivity contribution in [2.24, 2.45) is 29.1 Å². The first kappa shape index (κ1) is 15.3. The van der Waals surface area contributed by atoms with Crippen LogP contribution in [-0.4, -0.2) is 16.8 Å². The van der Waals surface area contributed by atoms with Crippen LogP contribution >= 0.6 is 11.6 Å². The monoisotopic (exact) mass is 343 g/mol. The van der Waals surface area contributed by atoms with Gasteiger partial charge in [-0.15, -0.1) is 0 Å². The van der Waals surface area contributed by atoms with Crippen LogP contribution < -0.4 is 0 Å². The Morgan fingerprint density at radius 3 is 2.17 bits per heavy atom. The number of rotatable bonds is 2. The number of benzene rings is 1. The summed E-state index contributed by atoms with van der Waals surface area (Å²) in [5, 5.41) is 0.803. The molecule has 24 heavy (non-hydrogen) atoms. The Balaban J connectivity index is 1.53. The van der Waals surface area contributed by atoms with Crippen LogP contribution in [0.15, 0.2) is 24.3 Å². The van der Waals surface area contributed by atoms with E-state index in [0.717, 1.165) is 34.3 Å². The van der Waals surface area contributed by atoms with Crippen LogP contribution in [0.25, 0.3) is 0 Å². The van der Waals surface area contributed by atoms with Crippen molar-refractivity contribution in [1.82, 2.24) is 4.90 Å². The lowest BCUT2D eigenvalue weighted by molar-refractivity contribution is -0.191. The van der Waals surface area contributed by atoms with Crippen molar-refractivity contribution in [3.8, 4) is 0 Å². The summed E-state index contributed by atoms with van der Waals surface area (Å²) in [4.78, 5) is 15.3. The van der Waals surface area contributed by atoms with Gasteiger partial charge in [-0.25, -0.2) is 0 Å². The third kappa shape index (κ3) is 1.92. The predicted octanol–water partition coefficient (Wildman–Crippen LogP) is 5.07. The highest BCUT2D eigenvalue weighted by Crippen LogP contribution is 2.61. The second-order valence-electron chi connectivity index (χ2n) is 9.28. The Bertz CT molecular complexity index is 669. The summed E-state index contributed by atoms with van der Waals surface area (Å²) in [7, 11) is 0. The van der Waals surface area contributed by atoms with Crippen molar-refractivity contribution >= 4 is 17.5 Å². The molecule has 1 saturated heterocycles. The molecular weight excluding hydrogens is 318 g/mol. The maximum absolute atomic E-state index is 13.1. The highest BCUT2D eigenvalue weighted by atomic mass is 35.5. The molecule has 1 amide bonds. The van der Waals surface area contributed by atoms with Gasteiger partial charge in [-0.05, 0) is 81.3 Å². The fourth-order valence-corrected chi connectivity index (χ4v) is 6.98. The molecule has 4 saturated carbocycles. The van der Waals surface area contributed by atoms with Gasteiger partial charge >= 0.3 is 0 Å². The van der Waals surface area contributed by atoms with Gasteiger partial charge in [-0.1, -0.05) is 29.8 Å². The van der Waals surface area contributed by atoms with Gasteiger partial charge in [0.2, 0.25) is 5.91 Å². The van der Waals surface area contributed by atoms with E-state index in [1.54, 1.807) is 0 Å². The third-order valence-corrected chi connectivity index (χ3v) is 7.79. The summed E-state index contributed by atoms with van der Waals surface area (Å²) in [5.41, 5.74) is 0.803.